The smallest absolute Gasteiger partial charge is 0.308 e. The van der Waals surface area contributed by atoms with Crippen molar-refractivity contribution < 1.29 is 28.6 Å². The van der Waals surface area contributed by atoms with Crippen molar-refractivity contribution in [2.75, 3.05) is 6.67 Å². The number of aliphatic hydroxyl groups is 1. The minimum absolute atomic E-state index is 0.209. The van der Waals surface area contributed by atoms with E-state index >= 15 is 0 Å². The Balaban J connectivity index is 2.69. The Kier molecular flexibility index (Phi) is 8.36. The highest BCUT2D eigenvalue weighted by Crippen LogP contribution is 2.11. The normalized spacial score (nSPS) is 16.9. The van der Waals surface area contributed by atoms with Gasteiger partial charge in [0.25, 0.3) is 5.91 Å². The van der Waals surface area contributed by atoms with Crippen LogP contribution in [-0.2, 0) is 19.1 Å². The maximum absolute atomic E-state index is 12.9. The number of amides is 2. The predicted molar refractivity (Wildman–Crippen MR) is 101 cm³/mol. The average molecular weight is 397 g/mol. The minimum Gasteiger partial charge on any atom is -0.460 e. The molecule has 0 bridgehead atoms. The molecule has 8 nitrogen and oxygen atoms in total. The highest BCUT2D eigenvalue weighted by atomic mass is 19.1. The number of alkyl halides is 1. The Morgan fingerprint density at radius 2 is 1.96 bits per heavy atom. The number of esters is 1. The Morgan fingerprint density at radius 3 is 2.50 bits per heavy atom. The zero-order chi connectivity index (χ0) is 21.5. The van der Waals surface area contributed by atoms with Gasteiger partial charge in [-0.15, -0.1) is 0 Å². The van der Waals surface area contributed by atoms with E-state index in [4.69, 9.17) is 4.74 Å². The summed E-state index contributed by atoms with van der Waals surface area (Å²) in [7, 11) is 0. The molecule has 0 aromatic heterocycles. The first-order valence-electron chi connectivity index (χ1n) is 8.83. The second-order valence-corrected chi connectivity index (χ2v) is 7.43. The molecule has 0 aliphatic carbocycles. The summed E-state index contributed by atoms with van der Waals surface area (Å²) >= 11 is 0. The molecule has 1 heterocycles. The molecule has 0 saturated carbocycles. The molecule has 0 aromatic carbocycles. The molecule has 0 radical (unpaired) electrons. The van der Waals surface area contributed by atoms with Crippen molar-refractivity contribution in [3.05, 3.63) is 36.2 Å². The van der Waals surface area contributed by atoms with Crippen molar-refractivity contribution in [2.45, 2.75) is 57.9 Å². The van der Waals surface area contributed by atoms with Crippen LogP contribution in [-0.4, -0.2) is 53.4 Å². The summed E-state index contributed by atoms with van der Waals surface area (Å²) in [5, 5.41) is 17.4. The number of ether oxygens (including phenoxy) is 1. The monoisotopic (exact) mass is 397 g/mol. The maximum atomic E-state index is 12.9. The summed E-state index contributed by atoms with van der Waals surface area (Å²) in [5.41, 5.74) is 0.0676. The summed E-state index contributed by atoms with van der Waals surface area (Å²) in [5.74, 6) is -1.91. The second kappa shape index (κ2) is 10.0. The van der Waals surface area contributed by atoms with Crippen LogP contribution in [0.5, 0.6) is 0 Å². The van der Waals surface area contributed by atoms with E-state index in [-0.39, 0.29) is 5.70 Å². The van der Waals surface area contributed by atoms with Crippen LogP contribution in [0.2, 0.25) is 0 Å². The van der Waals surface area contributed by atoms with E-state index in [2.05, 4.69) is 22.5 Å². The van der Waals surface area contributed by atoms with Gasteiger partial charge >= 0.3 is 5.97 Å². The first kappa shape index (κ1) is 23.4. The molecule has 2 amide bonds. The third-order valence-electron chi connectivity index (χ3n) is 3.61. The summed E-state index contributed by atoms with van der Waals surface area (Å²) < 4.78 is 18.0. The van der Waals surface area contributed by atoms with Gasteiger partial charge in [-0.25, -0.2) is 4.39 Å². The van der Waals surface area contributed by atoms with Gasteiger partial charge in [-0.2, -0.15) is 0 Å². The second-order valence-electron chi connectivity index (χ2n) is 7.43. The lowest BCUT2D eigenvalue weighted by Crippen LogP contribution is -2.53. The quantitative estimate of drug-likeness (QED) is 0.446. The van der Waals surface area contributed by atoms with Gasteiger partial charge in [-0.3, -0.25) is 14.4 Å². The van der Waals surface area contributed by atoms with Crippen LogP contribution in [0.4, 0.5) is 4.39 Å². The largest absolute Gasteiger partial charge is 0.460 e. The average Bonchev–Trinajstić information content (AvgIpc) is 2.58. The Hall–Kier alpha value is -2.68. The molecule has 1 aliphatic heterocycles. The molecule has 0 fully saturated rings. The van der Waals surface area contributed by atoms with Gasteiger partial charge in [0.2, 0.25) is 5.91 Å². The number of carbonyl (C=O) groups is 3. The third kappa shape index (κ3) is 7.91. The molecule has 9 heteroatoms. The summed E-state index contributed by atoms with van der Waals surface area (Å²) in [6, 6.07) is -2.19. The minimum atomic E-state index is -1.59. The van der Waals surface area contributed by atoms with E-state index < -0.39 is 54.7 Å². The molecule has 0 aromatic rings. The number of halogens is 1. The van der Waals surface area contributed by atoms with E-state index in [1.165, 1.54) is 19.2 Å². The molecule has 156 valence electrons. The number of rotatable bonds is 8. The first-order valence-corrected chi connectivity index (χ1v) is 8.83. The lowest BCUT2D eigenvalue weighted by molar-refractivity contribution is -0.156. The fraction of sp³-hybridized carbons (Fsp3) is 0.526. The van der Waals surface area contributed by atoms with Crippen LogP contribution in [0.25, 0.3) is 0 Å². The van der Waals surface area contributed by atoms with Gasteiger partial charge in [0.15, 0.2) is 0 Å². The fourth-order valence-corrected chi connectivity index (χ4v) is 2.25. The Bertz CT molecular complexity index is 682. The number of aliphatic hydroxyl groups excluding tert-OH is 1. The van der Waals surface area contributed by atoms with Gasteiger partial charge in [-0.1, -0.05) is 6.58 Å². The van der Waals surface area contributed by atoms with Crippen LogP contribution in [0.3, 0.4) is 0 Å². The fourth-order valence-electron chi connectivity index (χ4n) is 2.25. The molecule has 1 aliphatic rings. The van der Waals surface area contributed by atoms with E-state index in [9.17, 15) is 23.9 Å². The molecule has 4 N–H and O–H groups in total. The van der Waals surface area contributed by atoms with Gasteiger partial charge in [0.05, 0.1) is 12.5 Å². The molecular formula is C19H28FN3O5. The van der Waals surface area contributed by atoms with Crippen molar-refractivity contribution in [1.29, 1.82) is 0 Å². The van der Waals surface area contributed by atoms with Crippen molar-refractivity contribution >= 4 is 17.8 Å². The van der Waals surface area contributed by atoms with Crippen LogP contribution in [0.1, 0.15) is 34.1 Å². The molecule has 2 unspecified atom stereocenters. The van der Waals surface area contributed by atoms with Crippen molar-refractivity contribution in [3.8, 4) is 0 Å². The molecule has 3 atom stereocenters. The van der Waals surface area contributed by atoms with Crippen LogP contribution < -0.4 is 16.0 Å². The molecular weight excluding hydrogens is 369 g/mol. The topological polar surface area (TPSA) is 117 Å². The summed E-state index contributed by atoms with van der Waals surface area (Å²) in [6.07, 6.45) is 2.73. The number of hydrogen-bond acceptors (Lipinski definition) is 6. The van der Waals surface area contributed by atoms with Crippen molar-refractivity contribution in [1.82, 2.24) is 16.0 Å². The third-order valence-corrected chi connectivity index (χ3v) is 3.61. The van der Waals surface area contributed by atoms with Crippen LogP contribution in [0, 0.1) is 0 Å². The van der Waals surface area contributed by atoms with E-state index in [1.807, 2.05) is 0 Å². The Morgan fingerprint density at radius 1 is 1.32 bits per heavy atom. The lowest BCUT2D eigenvalue weighted by atomic mass is 10.1. The highest BCUT2D eigenvalue weighted by molar-refractivity contribution is 5.97. The van der Waals surface area contributed by atoms with E-state index in [0.717, 1.165) is 0 Å². The van der Waals surface area contributed by atoms with Crippen molar-refractivity contribution in [2.24, 2.45) is 0 Å². The van der Waals surface area contributed by atoms with Gasteiger partial charge in [0, 0.05) is 6.20 Å². The zero-order valence-corrected chi connectivity index (χ0v) is 16.5. The lowest BCUT2D eigenvalue weighted by Gasteiger charge is -2.26. The standard InChI is InChI=1S/C19H28FN3O5/c1-11-6-7-21-14(8-11)18(27)22-12(2)17(26)23-13(15(24)10-20)9-16(25)28-19(3,4)5/h6-8,12-13,15,21,24H,1,9-10H2,2-5H3,(H,22,27)(H,23,26)/t12-,13?,15?/m0/s1. The zero-order valence-electron chi connectivity index (χ0n) is 16.5. The SMILES string of the molecule is C=C1C=CNC(C(=O)N[C@@H](C)C(=O)NC(CC(=O)OC(C)(C)C)C(O)CF)=C1. The number of hydrogen-bond donors (Lipinski definition) is 4. The van der Waals surface area contributed by atoms with Crippen molar-refractivity contribution in [3.63, 3.8) is 0 Å². The van der Waals surface area contributed by atoms with Gasteiger partial charge in [0.1, 0.15) is 30.1 Å². The number of nitrogens with one attached hydrogen (secondary N) is 3. The molecule has 28 heavy (non-hydrogen) atoms. The van der Waals surface area contributed by atoms with Gasteiger partial charge < -0.3 is 25.8 Å². The first-order chi connectivity index (χ1) is 12.9. The summed E-state index contributed by atoms with van der Waals surface area (Å²) in [4.78, 5) is 36.5. The van der Waals surface area contributed by atoms with Gasteiger partial charge in [-0.05, 0) is 45.4 Å². The maximum Gasteiger partial charge on any atom is 0.308 e. The van der Waals surface area contributed by atoms with Crippen LogP contribution >= 0.6 is 0 Å². The highest BCUT2D eigenvalue weighted by Gasteiger charge is 2.29. The summed E-state index contributed by atoms with van der Waals surface area (Å²) in [6.45, 7) is 8.98. The number of dihydropyridines is 1. The predicted octanol–water partition coefficient (Wildman–Crippen LogP) is 0.595. The molecule has 1 rings (SSSR count). The Labute approximate surface area is 163 Å². The van der Waals surface area contributed by atoms with E-state index in [1.54, 1.807) is 26.8 Å². The molecule has 0 spiro atoms. The van der Waals surface area contributed by atoms with Crippen LogP contribution in [0.15, 0.2) is 36.2 Å². The van der Waals surface area contributed by atoms with E-state index in [0.29, 0.717) is 5.57 Å². The number of carbonyl (C=O) groups excluding carboxylic acids is 3. The number of allylic oxidation sites excluding steroid dienone is 3. The molecule has 0 saturated heterocycles.